The van der Waals surface area contributed by atoms with Gasteiger partial charge in [0.25, 0.3) is 0 Å². The van der Waals surface area contributed by atoms with Gasteiger partial charge in [-0.2, -0.15) is 0 Å². The first kappa shape index (κ1) is 22.9. The number of nitrogens with one attached hydrogen (secondary N) is 1. The molecule has 3 N–H and O–H groups in total. The van der Waals surface area contributed by atoms with Crippen molar-refractivity contribution in [1.29, 1.82) is 0 Å². The molecule has 2 aromatic carbocycles. The van der Waals surface area contributed by atoms with E-state index >= 15 is 0 Å². The van der Waals surface area contributed by atoms with E-state index in [1.54, 1.807) is 0 Å². The van der Waals surface area contributed by atoms with Crippen molar-refractivity contribution in [1.82, 2.24) is 9.62 Å². The second-order valence-corrected chi connectivity index (χ2v) is 10.2. The van der Waals surface area contributed by atoms with Gasteiger partial charge >= 0.3 is 0 Å². The van der Waals surface area contributed by atoms with Crippen molar-refractivity contribution >= 4 is 10.0 Å². The zero-order valence-corrected chi connectivity index (χ0v) is 18.7. The van der Waals surface area contributed by atoms with Crippen molar-refractivity contribution in [2.24, 2.45) is 11.7 Å². The fraction of sp³-hybridized carbons (Fsp3) is 0.500. The molecule has 0 amide bonds. The molecular formula is C24H35N3O2S. The number of hydrogen-bond donors (Lipinski definition) is 2. The van der Waals surface area contributed by atoms with Crippen LogP contribution in [-0.2, 0) is 10.0 Å². The van der Waals surface area contributed by atoms with Crippen molar-refractivity contribution in [3.8, 4) is 0 Å². The molecule has 1 aliphatic rings. The summed E-state index contributed by atoms with van der Waals surface area (Å²) in [4.78, 5) is 2.46. The van der Waals surface area contributed by atoms with E-state index in [0.29, 0.717) is 0 Å². The Kier molecular flexibility index (Phi) is 8.45. The van der Waals surface area contributed by atoms with Crippen LogP contribution in [0.3, 0.4) is 0 Å². The summed E-state index contributed by atoms with van der Waals surface area (Å²) in [6, 6.07) is 18.4. The molecule has 0 radical (unpaired) electrons. The van der Waals surface area contributed by atoms with Crippen LogP contribution < -0.4 is 10.5 Å². The number of piperidine rings is 1. The first-order valence-corrected chi connectivity index (χ1v) is 12.7. The molecule has 0 aliphatic carbocycles. The molecule has 1 aliphatic heterocycles. The minimum Gasteiger partial charge on any atom is -0.322 e. The molecule has 2 unspecified atom stereocenters. The van der Waals surface area contributed by atoms with E-state index in [1.807, 2.05) is 60.7 Å². The van der Waals surface area contributed by atoms with Crippen molar-refractivity contribution < 1.29 is 8.42 Å². The average molecular weight is 430 g/mol. The molecule has 1 fully saturated rings. The molecule has 0 saturated carbocycles. The van der Waals surface area contributed by atoms with Gasteiger partial charge in [-0.25, -0.2) is 13.1 Å². The molecule has 3 rings (SSSR count). The summed E-state index contributed by atoms with van der Waals surface area (Å²) in [7, 11) is -3.46. The number of nitrogens with zero attached hydrogens (tertiary/aromatic N) is 1. The van der Waals surface area contributed by atoms with Gasteiger partial charge in [0, 0.05) is 0 Å². The van der Waals surface area contributed by atoms with Gasteiger partial charge in [-0.05, 0) is 55.9 Å². The average Bonchev–Trinajstić information content (AvgIpc) is 2.77. The zero-order chi connectivity index (χ0) is 21.4. The summed E-state index contributed by atoms with van der Waals surface area (Å²) in [5.74, 6) is 0.365. The van der Waals surface area contributed by atoms with Crippen molar-refractivity contribution in [3.05, 3.63) is 71.8 Å². The summed E-state index contributed by atoms with van der Waals surface area (Å²) in [6.07, 6.45) is 4.28. The third kappa shape index (κ3) is 6.64. The van der Waals surface area contributed by atoms with Crippen LogP contribution in [0.1, 0.15) is 55.8 Å². The molecule has 2 aromatic rings. The van der Waals surface area contributed by atoms with Gasteiger partial charge in [0.1, 0.15) is 0 Å². The maximum Gasteiger partial charge on any atom is 0.212 e. The number of rotatable bonds is 10. The molecule has 1 heterocycles. The summed E-state index contributed by atoms with van der Waals surface area (Å²) >= 11 is 0. The molecule has 0 bridgehead atoms. The van der Waals surface area contributed by atoms with E-state index in [4.69, 9.17) is 5.73 Å². The highest BCUT2D eigenvalue weighted by atomic mass is 32.2. The van der Waals surface area contributed by atoms with E-state index in [0.717, 1.165) is 43.6 Å². The fourth-order valence-corrected chi connectivity index (χ4v) is 5.91. The van der Waals surface area contributed by atoms with Gasteiger partial charge in [0.15, 0.2) is 0 Å². The second-order valence-electron chi connectivity index (χ2n) is 8.36. The van der Waals surface area contributed by atoms with Gasteiger partial charge in [-0.15, -0.1) is 0 Å². The molecule has 0 spiro atoms. The second kappa shape index (κ2) is 11.0. The highest BCUT2D eigenvalue weighted by Gasteiger charge is 2.29. The number of sulfonamides is 1. The Morgan fingerprint density at radius 1 is 1.00 bits per heavy atom. The predicted octanol–water partition coefficient (Wildman–Crippen LogP) is 3.86. The Morgan fingerprint density at radius 2 is 1.57 bits per heavy atom. The third-order valence-electron chi connectivity index (χ3n) is 6.00. The Bertz CT molecular complexity index is 851. The molecule has 2 atom stereocenters. The first-order valence-electron chi connectivity index (χ1n) is 11.1. The predicted molar refractivity (Wildman–Crippen MR) is 124 cm³/mol. The topological polar surface area (TPSA) is 75.4 Å². The van der Waals surface area contributed by atoms with E-state index in [-0.39, 0.29) is 11.7 Å². The van der Waals surface area contributed by atoms with Crippen LogP contribution in [-0.4, -0.2) is 38.7 Å². The lowest BCUT2D eigenvalue weighted by molar-refractivity contribution is 0.191. The number of benzene rings is 2. The van der Waals surface area contributed by atoms with E-state index in [2.05, 4.69) is 16.5 Å². The zero-order valence-electron chi connectivity index (χ0n) is 17.9. The summed E-state index contributed by atoms with van der Waals surface area (Å²) in [5, 5.41) is 0. The van der Waals surface area contributed by atoms with Crippen molar-refractivity contribution in [3.63, 3.8) is 0 Å². The highest BCUT2D eigenvalue weighted by molar-refractivity contribution is 7.89. The number of likely N-dealkylation sites (tertiary alicyclic amines) is 1. The van der Waals surface area contributed by atoms with E-state index in [1.165, 1.54) is 12.8 Å². The van der Waals surface area contributed by atoms with Crippen LogP contribution in [0.25, 0.3) is 0 Å². The van der Waals surface area contributed by atoms with Crippen LogP contribution in [0.4, 0.5) is 0 Å². The fourth-order valence-electron chi connectivity index (χ4n) is 4.19. The summed E-state index contributed by atoms with van der Waals surface area (Å²) < 4.78 is 29.1. The van der Waals surface area contributed by atoms with Gasteiger partial charge < -0.3 is 10.6 Å². The molecule has 5 nitrogen and oxygen atoms in total. The molecule has 6 heteroatoms. The van der Waals surface area contributed by atoms with Crippen LogP contribution in [0, 0.1) is 5.92 Å². The van der Waals surface area contributed by atoms with E-state index < -0.39 is 22.1 Å². The van der Waals surface area contributed by atoms with Gasteiger partial charge in [0.05, 0.1) is 17.8 Å². The van der Waals surface area contributed by atoms with Crippen LogP contribution >= 0.6 is 0 Å². The Balaban J connectivity index is 1.68. The Labute approximate surface area is 181 Å². The quantitative estimate of drug-likeness (QED) is 0.601. The first-order chi connectivity index (χ1) is 14.5. The maximum atomic E-state index is 13.1. The van der Waals surface area contributed by atoms with E-state index in [9.17, 15) is 8.42 Å². The normalized spacial score (nSPS) is 18.2. The molecule has 164 valence electrons. The van der Waals surface area contributed by atoms with Gasteiger partial charge in [-0.1, -0.05) is 74.0 Å². The van der Waals surface area contributed by atoms with Gasteiger partial charge in [-0.3, -0.25) is 0 Å². The minimum absolute atomic E-state index is 0.166. The van der Waals surface area contributed by atoms with Crippen LogP contribution in [0.5, 0.6) is 0 Å². The Hall–Kier alpha value is -1.73. The molecule has 30 heavy (non-hydrogen) atoms. The lowest BCUT2D eigenvalue weighted by Gasteiger charge is -2.32. The highest BCUT2D eigenvalue weighted by Crippen LogP contribution is 2.28. The van der Waals surface area contributed by atoms with Crippen LogP contribution in [0.2, 0.25) is 0 Å². The standard InChI is InChI=1S/C24H35N3O2S/c1-2-3-16-27-17-14-20(15-18-27)19-30(28,29)26-24(22-12-8-5-9-13-22)23(25)21-10-6-4-7-11-21/h4-13,20,23-24,26H,2-3,14-19,25H2,1H3. The van der Waals surface area contributed by atoms with Crippen molar-refractivity contribution in [2.75, 3.05) is 25.4 Å². The maximum absolute atomic E-state index is 13.1. The lowest BCUT2D eigenvalue weighted by atomic mass is 9.95. The summed E-state index contributed by atoms with van der Waals surface area (Å²) in [6.45, 7) is 5.31. The van der Waals surface area contributed by atoms with Crippen LogP contribution in [0.15, 0.2) is 60.7 Å². The monoisotopic (exact) mass is 429 g/mol. The number of unbranched alkanes of at least 4 members (excludes halogenated alkanes) is 1. The number of hydrogen-bond acceptors (Lipinski definition) is 4. The Morgan fingerprint density at radius 3 is 2.13 bits per heavy atom. The lowest BCUT2D eigenvalue weighted by Crippen LogP contribution is -2.41. The molecular weight excluding hydrogens is 394 g/mol. The van der Waals surface area contributed by atoms with Gasteiger partial charge in [0.2, 0.25) is 10.0 Å². The smallest absolute Gasteiger partial charge is 0.212 e. The summed E-state index contributed by atoms with van der Waals surface area (Å²) in [5.41, 5.74) is 8.34. The molecule has 1 saturated heterocycles. The molecule has 0 aromatic heterocycles. The number of nitrogens with two attached hydrogens (primary N) is 1. The van der Waals surface area contributed by atoms with Crippen molar-refractivity contribution in [2.45, 2.75) is 44.7 Å². The SMILES string of the molecule is CCCCN1CCC(CS(=O)(=O)NC(c2ccccc2)C(N)c2ccccc2)CC1. The third-order valence-corrected chi connectivity index (χ3v) is 7.52. The largest absolute Gasteiger partial charge is 0.322 e. The minimum atomic E-state index is -3.46.